The van der Waals surface area contributed by atoms with Crippen molar-refractivity contribution in [2.75, 3.05) is 25.0 Å². The van der Waals surface area contributed by atoms with Crippen LogP contribution in [0.25, 0.3) is 0 Å². The van der Waals surface area contributed by atoms with Crippen LogP contribution >= 0.6 is 0 Å². The van der Waals surface area contributed by atoms with Crippen LogP contribution in [0.3, 0.4) is 0 Å². The van der Waals surface area contributed by atoms with Crippen LogP contribution < -0.4 is 15.5 Å². The second-order valence-corrected chi connectivity index (χ2v) is 7.37. The van der Waals surface area contributed by atoms with Gasteiger partial charge in [0.25, 0.3) is 11.8 Å². The number of quaternary nitrogens is 1. The largest absolute Gasteiger partial charge is 0.348 e. The second-order valence-electron chi connectivity index (χ2n) is 7.37. The summed E-state index contributed by atoms with van der Waals surface area (Å²) in [6.45, 7) is 5.24. The summed E-state index contributed by atoms with van der Waals surface area (Å²) >= 11 is 0. The van der Waals surface area contributed by atoms with E-state index in [1.807, 2.05) is 42.5 Å². The molecule has 1 aliphatic heterocycles. The lowest BCUT2D eigenvalue weighted by Crippen LogP contribution is -3.14. The number of carbonyl (C=O) groups excluding carboxylic acids is 2. The predicted molar refractivity (Wildman–Crippen MR) is 107 cm³/mol. The van der Waals surface area contributed by atoms with Crippen LogP contribution in [0.5, 0.6) is 0 Å². The minimum Gasteiger partial charge on any atom is -0.348 e. The predicted octanol–water partition coefficient (Wildman–Crippen LogP) is 1.87. The van der Waals surface area contributed by atoms with Crippen molar-refractivity contribution in [3.05, 3.63) is 65.7 Å². The number of para-hydroxylation sites is 1. The zero-order valence-electron chi connectivity index (χ0n) is 15.8. The Labute approximate surface area is 160 Å². The fourth-order valence-electron chi connectivity index (χ4n) is 3.43. The number of piperidine rings is 1. The van der Waals surface area contributed by atoms with Gasteiger partial charge in [0.1, 0.15) is 0 Å². The molecule has 1 fully saturated rings. The standard InChI is InChI=1S/C22H27N3O2/c1-17-11-13-25(14-12-17)16-21(26)24-20-10-6-5-9-19(20)22(27)23-15-18-7-3-2-4-8-18/h2-10,17H,11-16H2,1H3,(H,23,27)(H,24,26)/p+1. The van der Waals surface area contributed by atoms with E-state index in [1.165, 1.54) is 17.7 Å². The molecule has 1 aliphatic rings. The van der Waals surface area contributed by atoms with Gasteiger partial charge in [0.05, 0.1) is 24.3 Å². The minimum absolute atomic E-state index is 0.0390. The summed E-state index contributed by atoms with van der Waals surface area (Å²) in [7, 11) is 0. The first-order valence-electron chi connectivity index (χ1n) is 9.66. The Kier molecular flexibility index (Phi) is 6.60. The number of amides is 2. The Bertz CT molecular complexity index is 768. The molecule has 1 saturated heterocycles. The van der Waals surface area contributed by atoms with E-state index in [9.17, 15) is 9.59 Å². The van der Waals surface area contributed by atoms with Crippen molar-refractivity contribution >= 4 is 17.5 Å². The average Bonchev–Trinajstić information content (AvgIpc) is 2.69. The molecule has 27 heavy (non-hydrogen) atoms. The number of hydrogen-bond donors (Lipinski definition) is 3. The van der Waals surface area contributed by atoms with Crippen LogP contribution in [0.4, 0.5) is 5.69 Å². The molecule has 2 amide bonds. The lowest BCUT2D eigenvalue weighted by atomic mass is 9.99. The first kappa shape index (κ1) is 19.1. The lowest BCUT2D eigenvalue weighted by Gasteiger charge is -2.26. The summed E-state index contributed by atoms with van der Waals surface area (Å²) in [5.41, 5.74) is 2.09. The van der Waals surface area contributed by atoms with Gasteiger partial charge in [0, 0.05) is 6.54 Å². The van der Waals surface area contributed by atoms with Gasteiger partial charge in [0.15, 0.2) is 6.54 Å². The van der Waals surface area contributed by atoms with Crippen LogP contribution in [0.2, 0.25) is 0 Å². The monoisotopic (exact) mass is 366 g/mol. The Balaban J connectivity index is 1.58. The fraction of sp³-hybridized carbons (Fsp3) is 0.364. The van der Waals surface area contributed by atoms with Crippen LogP contribution in [-0.4, -0.2) is 31.4 Å². The van der Waals surface area contributed by atoms with Gasteiger partial charge < -0.3 is 15.5 Å². The maximum absolute atomic E-state index is 12.6. The molecule has 5 heteroatoms. The van der Waals surface area contributed by atoms with Gasteiger partial charge in [-0.05, 0) is 36.5 Å². The first-order valence-corrected chi connectivity index (χ1v) is 9.66. The van der Waals surface area contributed by atoms with E-state index in [0.29, 0.717) is 24.3 Å². The van der Waals surface area contributed by atoms with Crippen molar-refractivity contribution in [2.45, 2.75) is 26.3 Å². The van der Waals surface area contributed by atoms with Crippen LogP contribution in [0.15, 0.2) is 54.6 Å². The Hall–Kier alpha value is -2.66. The topological polar surface area (TPSA) is 62.6 Å². The Morgan fingerprint density at radius 1 is 1.00 bits per heavy atom. The number of anilines is 1. The molecular weight excluding hydrogens is 338 g/mol. The summed E-state index contributed by atoms with van der Waals surface area (Å²) in [6, 6.07) is 16.9. The summed E-state index contributed by atoms with van der Waals surface area (Å²) in [5, 5.41) is 5.85. The second kappa shape index (κ2) is 9.33. The summed E-state index contributed by atoms with van der Waals surface area (Å²) in [4.78, 5) is 26.3. The zero-order valence-corrected chi connectivity index (χ0v) is 15.8. The zero-order chi connectivity index (χ0) is 19.1. The van der Waals surface area contributed by atoms with Crippen LogP contribution in [0, 0.1) is 5.92 Å². The summed E-state index contributed by atoms with van der Waals surface area (Å²) < 4.78 is 0. The Morgan fingerprint density at radius 2 is 1.67 bits per heavy atom. The molecule has 0 aromatic heterocycles. The number of nitrogens with one attached hydrogen (secondary N) is 3. The minimum atomic E-state index is -0.186. The van der Waals surface area contributed by atoms with E-state index in [2.05, 4.69) is 17.6 Å². The van der Waals surface area contributed by atoms with E-state index in [4.69, 9.17) is 0 Å². The third kappa shape index (κ3) is 5.66. The number of rotatable bonds is 6. The lowest BCUT2D eigenvalue weighted by molar-refractivity contribution is -0.897. The van der Waals surface area contributed by atoms with E-state index in [1.54, 1.807) is 12.1 Å². The molecule has 3 rings (SSSR count). The molecule has 5 nitrogen and oxygen atoms in total. The van der Waals surface area contributed by atoms with Gasteiger partial charge >= 0.3 is 0 Å². The smallest absolute Gasteiger partial charge is 0.279 e. The molecule has 0 bridgehead atoms. The maximum atomic E-state index is 12.6. The summed E-state index contributed by atoms with van der Waals surface area (Å²) in [5.74, 6) is 0.530. The van der Waals surface area contributed by atoms with Crippen molar-refractivity contribution in [1.82, 2.24) is 5.32 Å². The van der Waals surface area contributed by atoms with Gasteiger partial charge in [-0.3, -0.25) is 9.59 Å². The first-order chi connectivity index (χ1) is 13.1. The number of hydrogen-bond acceptors (Lipinski definition) is 2. The van der Waals surface area contributed by atoms with Crippen LogP contribution in [0.1, 0.15) is 35.7 Å². The van der Waals surface area contributed by atoms with E-state index >= 15 is 0 Å². The van der Waals surface area contributed by atoms with Crippen molar-refractivity contribution in [3.63, 3.8) is 0 Å². The Morgan fingerprint density at radius 3 is 2.41 bits per heavy atom. The number of carbonyl (C=O) groups is 2. The molecule has 2 aromatic carbocycles. The number of benzene rings is 2. The van der Waals surface area contributed by atoms with E-state index in [-0.39, 0.29) is 11.8 Å². The molecule has 3 N–H and O–H groups in total. The third-order valence-electron chi connectivity index (χ3n) is 5.13. The maximum Gasteiger partial charge on any atom is 0.279 e. The highest BCUT2D eigenvalue weighted by Gasteiger charge is 2.22. The highest BCUT2D eigenvalue weighted by molar-refractivity contribution is 6.03. The van der Waals surface area contributed by atoms with Crippen molar-refractivity contribution in [2.24, 2.45) is 5.92 Å². The summed E-state index contributed by atoms with van der Waals surface area (Å²) in [6.07, 6.45) is 2.34. The fourth-order valence-corrected chi connectivity index (χ4v) is 3.43. The van der Waals surface area contributed by atoms with Gasteiger partial charge in [-0.1, -0.05) is 49.4 Å². The molecule has 0 saturated carbocycles. The van der Waals surface area contributed by atoms with E-state index < -0.39 is 0 Å². The van der Waals surface area contributed by atoms with Crippen LogP contribution in [-0.2, 0) is 11.3 Å². The third-order valence-corrected chi connectivity index (χ3v) is 5.13. The highest BCUT2D eigenvalue weighted by atomic mass is 16.2. The molecule has 0 unspecified atom stereocenters. The molecule has 2 aromatic rings. The van der Waals surface area contributed by atoms with Gasteiger partial charge in [-0.15, -0.1) is 0 Å². The molecule has 1 heterocycles. The average molecular weight is 366 g/mol. The molecule has 0 radical (unpaired) electrons. The molecular formula is C22H28N3O2+. The number of likely N-dealkylation sites (tertiary alicyclic amines) is 1. The normalized spacial score (nSPS) is 19.3. The van der Waals surface area contributed by atoms with E-state index in [0.717, 1.165) is 24.6 Å². The molecule has 0 atom stereocenters. The van der Waals surface area contributed by atoms with Crippen molar-refractivity contribution in [3.8, 4) is 0 Å². The van der Waals surface area contributed by atoms with Crippen molar-refractivity contribution in [1.29, 1.82) is 0 Å². The molecule has 142 valence electrons. The quantitative estimate of drug-likeness (QED) is 0.731. The van der Waals surface area contributed by atoms with Gasteiger partial charge in [0.2, 0.25) is 0 Å². The highest BCUT2D eigenvalue weighted by Crippen LogP contribution is 2.15. The van der Waals surface area contributed by atoms with Gasteiger partial charge in [-0.2, -0.15) is 0 Å². The van der Waals surface area contributed by atoms with Crippen molar-refractivity contribution < 1.29 is 14.5 Å². The van der Waals surface area contributed by atoms with Gasteiger partial charge in [-0.25, -0.2) is 0 Å². The molecule has 0 spiro atoms. The molecule has 0 aliphatic carbocycles. The SMILES string of the molecule is CC1CC[NH+](CC(=O)Nc2ccccc2C(=O)NCc2ccccc2)CC1.